The van der Waals surface area contributed by atoms with Gasteiger partial charge in [-0.1, -0.05) is 30.3 Å². The van der Waals surface area contributed by atoms with Crippen LogP contribution < -0.4 is 4.31 Å². The standard InChI is InChI=1S/C23H19N3O5S2/c1-15-12-16-6-2-3-9-19(16)26(15)33(28,29)18-8-4-7-17(13-18)23(27)30-14-21-24-25-22(31-21)20-10-5-11-32-20/h2-11,13,15H,12,14H2,1H3/t15-/m0/s1. The molecule has 0 aliphatic carbocycles. The number of thiophene rings is 1. The second-order valence-electron chi connectivity index (χ2n) is 7.56. The number of rotatable bonds is 6. The summed E-state index contributed by atoms with van der Waals surface area (Å²) in [6.07, 6.45) is 0.634. The first-order valence-electron chi connectivity index (χ1n) is 10.2. The van der Waals surface area contributed by atoms with Gasteiger partial charge in [0.2, 0.25) is 0 Å². The number of fused-ring (bicyclic) bond motifs is 1. The number of benzene rings is 2. The lowest BCUT2D eigenvalue weighted by molar-refractivity contribution is 0.0438. The maximum Gasteiger partial charge on any atom is 0.338 e. The van der Waals surface area contributed by atoms with Crippen molar-refractivity contribution in [2.45, 2.75) is 30.9 Å². The van der Waals surface area contributed by atoms with E-state index in [0.29, 0.717) is 18.0 Å². The Labute approximate surface area is 194 Å². The topological polar surface area (TPSA) is 103 Å². The molecule has 10 heteroatoms. The highest BCUT2D eigenvalue weighted by atomic mass is 32.2. The second kappa shape index (κ2) is 8.45. The van der Waals surface area contributed by atoms with Crippen LogP contribution in [0.15, 0.2) is 75.4 Å². The molecule has 5 rings (SSSR count). The first-order chi connectivity index (χ1) is 15.9. The van der Waals surface area contributed by atoms with Crippen molar-refractivity contribution in [1.82, 2.24) is 10.2 Å². The molecular formula is C23H19N3O5S2. The van der Waals surface area contributed by atoms with Gasteiger partial charge < -0.3 is 9.15 Å². The third-order valence-electron chi connectivity index (χ3n) is 5.30. The van der Waals surface area contributed by atoms with E-state index >= 15 is 0 Å². The Kier molecular flexibility index (Phi) is 5.47. The number of sulfonamides is 1. The quantitative estimate of drug-likeness (QED) is 0.378. The number of ether oxygens (including phenoxy) is 1. The maximum absolute atomic E-state index is 13.4. The molecule has 8 nitrogen and oxygen atoms in total. The molecule has 1 aliphatic rings. The van der Waals surface area contributed by atoms with Crippen molar-refractivity contribution >= 4 is 33.0 Å². The van der Waals surface area contributed by atoms with Gasteiger partial charge in [-0.25, -0.2) is 13.2 Å². The summed E-state index contributed by atoms with van der Waals surface area (Å²) in [6.45, 7) is 1.65. The van der Waals surface area contributed by atoms with Gasteiger partial charge in [0.05, 0.1) is 21.0 Å². The lowest BCUT2D eigenvalue weighted by Crippen LogP contribution is -2.35. The number of hydrogen-bond acceptors (Lipinski definition) is 8. The third-order valence-corrected chi connectivity index (χ3v) is 8.08. The van der Waals surface area contributed by atoms with Crippen molar-refractivity contribution in [3.05, 3.63) is 83.1 Å². The molecule has 3 heterocycles. The summed E-state index contributed by atoms with van der Waals surface area (Å²) >= 11 is 1.46. The van der Waals surface area contributed by atoms with Crippen LogP contribution in [0, 0.1) is 0 Å². The van der Waals surface area contributed by atoms with Gasteiger partial charge in [0.25, 0.3) is 21.8 Å². The SMILES string of the molecule is C[C@H]1Cc2ccccc2N1S(=O)(=O)c1cccc(C(=O)OCc2nnc(-c3cccs3)o2)c1. The Hall–Kier alpha value is -3.50. The molecule has 33 heavy (non-hydrogen) atoms. The van der Waals surface area contributed by atoms with Gasteiger partial charge in [-0.3, -0.25) is 4.31 Å². The van der Waals surface area contributed by atoms with E-state index in [0.717, 1.165) is 10.4 Å². The predicted octanol–water partition coefficient (Wildman–Crippen LogP) is 4.30. The van der Waals surface area contributed by atoms with Crippen molar-refractivity contribution in [2.75, 3.05) is 4.31 Å². The van der Waals surface area contributed by atoms with Crippen LogP contribution in [0.5, 0.6) is 0 Å². The number of hydrogen-bond donors (Lipinski definition) is 0. The number of carbonyl (C=O) groups excluding carboxylic acids is 1. The number of carbonyl (C=O) groups is 1. The number of anilines is 1. The van der Waals surface area contributed by atoms with E-state index in [4.69, 9.17) is 9.15 Å². The van der Waals surface area contributed by atoms with Crippen molar-refractivity contribution < 1.29 is 22.4 Å². The van der Waals surface area contributed by atoms with Gasteiger partial charge >= 0.3 is 5.97 Å². The Morgan fingerprint density at radius 2 is 2.00 bits per heavy atom. The minimum absolute atomic E-state index is 0.0262. The fourth-order valence-corrected chi connectivity index (χ4v) is 6.21. The van der Waals surface area contributed by atoms with E-state index in [1.807, 2.05) is 42.6 Å². The molecule has 0 bridgehead atoms. The molecule has 0 saturated carbocycles. The lowest BCUT2D eigenvalue weighted by Gasteiger charge is -2.24. The molecule has 0 saturated heterocycles. The molecule has 0 spiro atoms. The molecule has 4 aromatic rings. The molecule has 0 unspecified atom stereocenters. The summed E-state index contributed by atoms with van der Waals surface area (Å²) < 4.78 is 39.0. The number of aromatic nitrogens is 2. The van der Waals surface area contributed by atoms with Gasteiger partial charge in [-0.05, 0) is 54.6 Å². The summed E-state index contributed by atoms with van der Waals surface area (Å²) in [7, 11) is -3.86. The Morgan fingerprint density at radius 1 is 1.15 bits per heavy atom. The lowest BCUT2D eigenvalue weighted by atomic mass is 10.1. The van der Waals surface area contributed by atoms with E-state index < -0.39 is 16.0 Å². The summed E-state index contributed by atoms with van der Waals surface area (Å²) in [6, 6.07) is 16.8. The maximum atomic E-state index is 13.4. The highest BCUT2D eigenvalue weighted by molar-refractivity contribution is 7.92. The average molecular weight is 482 g/mol. The molecule has 0 amide bonds. The molecule has 2 aromatic heterocycles. The molecule has 0 fully saturated rings. The van der Waals surface area contributed by atoms with Crippen LogP contribution in [-0.2, 0) is 27.8 Å². The van der Waals surface area contributed by atoms with E-state index in [-0.39, 0.29) is 29.0 Å². The van der Waals surface area contributed by atoms with Gasteiger partial charge in [-0.2, -0.15) is 0 Å². The predicted molar refractivity (Wildman–Crippen MR) is 122 cm³/mol. The molecule has 1 aliphatic heterocycles. The molecule has 1 atom stereocenters. The molecule has 168 valence electrons. The van der Waals surface area contributed by atoms with Gasteiger partial charge in [0, 0.05) is 6.04 Å². The highest BCUT2D eigenvalue weighted by Crippen LogP contribution is 2.36. The summed E-state index contributed by atoms with van der Waals surface area (Å²) in [5.74, 6) is -0.181. The minimum atomic E-state index is -3.86. The first kappa shape index (κ1) is 21.4. The van der Waals surface area contributed by atoms with E-state index in [1.54, 1.807) is 6.07 Å². The number of para-hydroxylation sites is 1. The normalized spacial score (nSPS) is 15.4. The largest absolute Gasteiger partial charge is 0.452 e. The second-order valence-corrected chi connectivity index (χ2v) is 10.3. The summed E-state index contributed by atoms with van der Waals surface area (Å²) in [5, 5.41) is 9.72. The zero-order chi connectivity index (χ0) is 23.0. The zero-order valence-electron chi connectivity index (χ0n) is 17.5. The van der Waals surface area contributed by atoms with Crippen LogP contribution in [0.1, 0.15) is 28.7 Å². The van der Waals surface area contributed by atoms with Gasteiger partial charge in [0.1, 0.15) is 0 Å². The molecule has 0 N–H and O–H groups in total. The fraction of sp³-hybridized carbons (Fsp3) is 0.174. The Bertz CT molecular complexity index is 1410. The monoisotopic (exact) mass is 481 g/mol. The van der Waals surface area contributed by atoms with Gasteiger partial charge in [-0.15, -0.1) is 21.5 Å². The van der Waals surface area contributed by atoms with Crippen LogP contribution in [0.3, 0.4) is 0 Å². The molecule has 0 radical (unpaired) electrons. The van der Waals surface area contributed by atoms with E-state index in [2.05, 4.69) is 10.2 Å². The Morgan fingerprint density at radius 3 is 2.82 bits per heavy atom. The molecular weight excluding hydrogens is 462 g/mol. The molecule has 2 aromatic carbocycles. The highest BCUT2D eigenvalue weighted by Gasteiger charge is 2.36. The van der Waals surface area contributed by atoms with Crippen LogP contribution in [-0.4, -0.2) is 30.6 Å². The number of nitrogens with zero attached hydrogens (tertiary/aromatic N) is 3. The van der Waals surface area contributed by atoms with Crippen molar-refractivity contribution in [1.29, 1.82) is 0 Å². The van der Waals surface area contributed by atoms with Crippen molar-refractivity contribution in [3.63, 3.8) is 0 Å². The van der Waals surface area contributed by atoms with Crippen LogP contribution >= 0.6 is 11.3 Å². The van der Waals surface area contributed by atoms with Crippen LogP contribution in [0.4, 0.5) is 5.69 Å². The smallest absolute Gasteiger partial charge is 0.338 e. The van der Waals surface area contributed by atoms with E-state index in [9.17, 15) is 13.2 Å². The van der Waals surface area contributed by atoms with Crippen molar-refractivity contribution in [2.24, 2.45) is 0 Å². The minimum Gasteiger partial charge on any atom is -0.452 e. The summed E-state index contributed by atoms with van der Waals surface area (Å²) in [4.78, 5) is 13.4. The Balaban J connectivity index is 1.33. The average Bonchev–Trinajstić information content (AvgIpc) is 3.56. The van der Waals surface area contributed by atoms with Crippen LogP contribution in [0.2, 0.25) is 0 Å². The zero-order valence-corrected chi connectivity index (χ0v) is 19.2. The summed E-state index contributed by atoms with van der Waals surface area (Å²) in [5.41, 5.74) is 1.76. The van der Waals surface area contributed by atoms with Crippen LogP contribution in [0.25, 0.3) is 10.8 Å². The third kappa shape index (κ3) is 4.03. The van der Waals surface area contributed by atoms with Gasteiger partial charge in [0.15, 0.2) is 6.61 Å². The first-order valence-corrected chi connectivity index (χ1v) is 12.5. The number of esters is 1. The fourth-order valence-electron chi connectivity index (χ4n) is 3.82. The van der Waals surface area contributed by atoms with E-state index in [1.165, 1.54) is 39.9 Å². The van der Waals surface area contributed by atoms with Crippen molar-refractivity contribution in [3.8, 4) is 10.8 Å².